The zero-order valence-electron chi connectivity index (χ0n) is 12.2. The first kappa shape index (κ1) is 16.0. The van der Waals surface area contributed by atoms with E-state index in [2.05, 4.69) is 9.71 Å². The van der Waals surface area contributed by atoms with E-state index < -0.39 is 10.0 Å². The highest BCUT2D eigenvalue weighted by molar-refractivity contribution is 7.92. The molecule has 4 nitrogen and oxygen atoms in total. The van der Waals surface area contributed by atoms with Crippen molar-refractivity contribution in [1.82, 2.24) is 4.98 Å². The van der Waals surface area contributed by atoms with E-state index in [1.54, 1.807) is 18.4 Å². The quantitative estimate of drug-likeness (QED) is 0.737. The summed E-state index contributed by atoms with van der Waals surface area (Å²) in [6, 6.07) is 14.2. The third-order valence-electron chi connectivity index (χ3n) is 3.20. The molecule has 0 saturated carbocycles. The lowest BCUT2D eigenvalue weighted by Gasteiger charge is -2.07. The smallest absolute Gasteiger partial charge is 0.263 e. The Hall–Kier alpha value is -1.89. The highest BCUT2D eigenvalue weighted by Crippen LogP contribution is 2.27. The van der Waals surface area contributed by atoms with Crippen molar-refractivity contribution >= 4 is 38.8 Å². The van der Waals surface area contributed by atoms with Gasteiger partial charge in [-0.2, -0.15) is 0 Å². The van der Waals surface area contributed by atoms with E-state index in [0.717, 1.165) is 10.6 Å². The molecule has 0 amide bonds. The number of aromatic nitrogens is 1. The Morgan fingerprint density at radius 3 is 2.57 bits per heavy atom. The fraction of sp³-hybridized carbons (Fsp3) is 0.0625. The van der Waals surface area contributed by atoms with Crippen molar-refractivity contribution in [2.75, 3.05) is 4.72 Å². The zero-order valence-corrected chi connectivity index (χ0v) is 14.5. The molecule has 0 aliphatic carbocycles. The number of benzene rings is 2. The number of halogens is 1. The topological polar surface area (TPSA) is 59.1 Å². The molecule has 3 rings (SSSR count). The standard InChI is InChI=1S/C16H13ClN2O2S2/c1-11-9-13(7-8-14(11)17)23(20,21)19-15-10-22-16(18-15)12-5-3-2-4-6-12/h2-10,19H,1H3. The van der Waals surface area contributed by atoms with Crippen molar-refractivity contribution in [1.29, 1.82) is 0 Å². The summed E-state index contributed by atoms with van der Waals surface area (Å²) in [5.74, 6) is 0.307. The van der Waals surface area contributed by atoms with Gasteiger partial charge in [-0.3, -0.25) is 4.72 Å². The maximum atomic E-state index is 12.4. The summed E-state index contributed by atoms with van der Waals surface area (Å²) in [5.41, 5.74) is 1.66. The maximum absolute atomic E-state index is 12.4. The summed E-state index contributed by atoms with van der Waals surface area (Å²) in [4.78, 5) is 4.49. The Morgan fingerprint density at radius 2 is 1.87 bits per heavy atom. The van der Waals surface area contributed by atoms with Gasteiger partial charge >= 0.3 is 0 Å². The van der Waals surface area contributed by atoms with Gasteiger partial charge in [0.25, 0.3) is 10.0 Å². The van der Waals surface area contributed by atoms with Crippen LogP contribution in [0.4, 0.5) is 5.82 Å². The number of hydrogen-bond donors (Lipinski definition) is 1. The largest absolute Gasteiger partial charge is 0.263 e. The van der Waals surface area contributed by atoms with E-state index in [1.807, 2.05) is 30.3 Å². The molecule has 1 N–H and O–H groups in total. The number of nitrogens with zero attached hydrogens (tertiary/aromatic N) is 1. The molecule has 0 spiro atoms. The minimum atomic E-state index is -3.69. The second-order valence-corrected chi connectivity index (χ2v) is 7.87. The number of thiazole rings is 1. The average molecular weight is 365 g/mol. The molecule has 0 radical (unpaired) electrons. The van der Waals surface area contributed by atoms with Gasteiger partial charge in [-0.25, -0.2) is 13.4 Å². The Kier molecular flexibility index (Phi) is 4.39. The SMILES string of the molecule is Cc1cc(S(=O)(=O)Nc2csc(-c3ccccc3)n2)ccc1Cl. The third kappa shape index (κ3) is 3.55. The van der Waals surface area contributed by atoms with Gasteiger partial charge in [0.05, 0.1) is 4.90 Å². The normalized spacial score (nSPS) is 11.4. The number of aryl methyl sites for hydroxylation is 1. The predicted molar refractivity (Wildman–Crippen MR) is 94.5 cm³/mol. The molecule has 0 atom stereocenters. The lowest BCUT2D eigenvalue weighted by molar-refractivity contribution is 0.601. The number of nitrogens with one attached hydrogen (secondary N) is 1. The zero-order chi connectivity index (χ0) is 16.4. The lowest BCUT2D eigenvalue weighted by atomic mass is 10.2. The summed E-state index contributed by atoms with van der Waals surface area (Å²) in [6.45, 7) is 1.76. The van der Waals surface area contributed by atoms with Gasteiger partial charge in [-0.1, -0.05) is 41.9 Å². The van der Waals surface area contributed by atoms with E-state index in [1.165, 1.54) is 23.5 Å². The van der Waals surface area contributed by atoms with Crippen LogP contribution < -0.4 is 4.72 Å². The molecule has 7 heteroatoms. The van der Waals surface area contributed by atoms with E-state index in [-0.39, 0.29) is 4.90 Å². The van der Waals surface area contributed by atoms with Crippen LogP contribution in [0.2, 0.25) is 5.02 Å². The first-order chi connectivity index (χ1) is 11.0. The van der Waals surface area contributed by atoms with Gasteiger partial charge in [0.2, 0.25) is 0 Å². The minimum absolute atomic E-state index is 0.161. The molecule has 0 saturated heterocycles. The highest BCUT2D eigenvalue weighted by atomic mass is 35.5. The van der Waals surface area contributed by atoms with Crippen LogP contribution in [0.25, 0.3) is 10.6 Å². The summed E-state index contributed by atoms with van der Waals surface area (Å²) in [5, 5.41) is 2.97. The Bertz CT molecular complexity index is 938. The maximum Gasteiger partial charge on any atom is 0.263 e. The number of sulfonamides is 1. The molecular weight excluding hydrogens is 352 g/mol. The van der Waals surface area contributed by atoms with E-state index in [4.69, 9.17) is 11.6 Å². The number of hydrogen-bond acceptors (Lipinski definition) is 4. The Morgan fingerprint density at radius 1 is 1.13 bits per heavy atom. The fourth-order valence-corrected chi connectivity index (χ4v) is 4.04. The van der Waals surface area contributed by atoms with Gasteiger partial charge in [0, 0.05) is 16.0 Å². The van der Waals surface area contributed by atoms with Crippen LogP contribution in [0.1, 0.15) is 5.56 Å². The van der Waals surface area contributed by atoms with Crippen LogP contribution in [0.15, 0.2) is 58.8 Å². The molecule has 0 unspecified atom stereocenters. The first-order valence-corrected chi connectivity index (χ1v) is 9.50. The molecule has 1 heterocycles. The second kappa shape index (κ2) is 6.31. The van der Waals surface area contributed by atoms with Crippen molar-refractivity contribution in [2.45, 2.75) is 11.8 Å². The van der Waals surface area contributed by atoms with Crippen LogP contribution in [0.3, 0.4) is 0 Å². The Balaban J connectivity index is 1.86. The molecule has 0 aliphatic heterocycles. The van der Waals surface area contributed by atoms with E-state index in [9.17, 15) is 8.42 Å². The number of rotatable bonds is 4. The van der Waals surface area contributed by atoms with Gasteiger partial charge in [0.1, 0.15) is 5.01 Å². The van der Waals surface area contributed by atoms with Gasteiger partial charge in [-0.15, -0.1) is 11.3 Å². The van der Waals surface area contributed by atoms with Gasteiger partial charge in [-0.05, 0) is 30.7 Å². The van der Waals surface area contributed by atoms with Gasteiger partial charge < -0.3 is 0 Å². The van der Waals surface area contributed by atoms with Crippen LogP contribution in [0.5, 0.6) is 0 Å². The third-order valence-corrected chi connectivity index (χ3v) is 5.87. The van der Waals surface area contributed by atoms with E-state index >= 15 is 0 Å². The first-order valence-electron chi connectivity index (χ1n) is 6.75. The molecule has 3 aromatic rings. The minimum Gasteiger partial charge on any atom is -0.263 e. The Labute approximate surface area is 143 Å². The van der Waals surface area contributed by atoms with Crippen molar-refractivity contribution in [3.05, 3.63) is 64.5 Å². The summed E-state index contributed by atoms with van der Waals surface area (Å²) < 4.78 is 27.3. The summed E-state index contributed by atoms with van der Waals surface area (Å²) >= 11 is 7.32. The second-order valence-electron chi connectivity index (χ2n) is 4.92. The van der Waals surface area contributed by atoms with Crippen molar-refractivity contribution in [2.24, 2.45) is 0 Å². The van der Waals surface area contributed by atoms with Gasteiger partial charge in [0.15, 0.2) is 5.82 Å². The van der Waals surface area contributed by atoms with Crippen LogP contribution in [-0.4, -0.2) is 13.4 Å². The molecule has 0 fully saturated rings. The molecule has 0 bridgehead atoms. The van der Waals surface area contributed by atoms with Crippen LogP contribution >= 0.6 is 22.9 Å². The predicted octanol–water partition coefficient (Wildman–Crippen LogP) is 4.57. The lowest BCUT2D eigenvalue weighted by Crippen LogP contribution is -2.13. The molecule has 2 aromatic carbocycles. The summed E-state index contributed by atoms with van der Waals surface area (Å²) in [6.07, 6.45) is 0. The highest BCUT2D eigenvalue weighted by Gasteiger charge is 2.17. The molecule has 118 valence electrons. The fourth-order valence-electron chi connectivity index (χ4n) is 2.01. The monoisotopic (exact) mass is 364 g/mol. The summed E-state index contributed by atoms with van der Waals surface area (Å²) in [7, 11) is -3.69. The van der Waals surface area contributed by atoms with Crippen molar-refractivity contribution in [3.63, 3.8) is 0 Å². The number of anilines is 1. The van der Waals surface area contributed by atoms with E-state index in [0.29, 0.717) is 16.4 Å². The van der Waals surface area contributed by atoms with Crippen molar-refractivity contribution < 1.29 is 8.42 Å². The molecule has 23 heavy (non-hydrogen) atoms. The average Bonchev–Trinajstić information content (AvgIpc) is 2.98. The molecule has 0 aliphatic rings. The molecule has 1 aromatic heterocycles. The van der Waals surface area contributed by atoms with Crippen LogP contribution in [0, 0.1) is 6.92 Å². The van der Waals surface area contributed by atoms with Crippen LogP contribution in [-0.2, 0) is 10.0 Å². The molecular formula is C16H13ClN2O2S2. The van der Waals surface area contributed by atoms with Crippen molar-refractivity contribution in [3.8, 4) is 10.6 Å².